The molecule has 0 unspecified atom stereocenters. The third-order valence-electron chi connectivity index (χ3n) is 5.71. The topological polar surface area (TPSA) is 62.2 Å². The Labute approximate surface area is 188 Å². The molecule has 4 rings (SSSR count). The maximum Gasteiger partial charge on any atom is 0.226 e. The normalized spacial score (nSPS) is 18.1. The molecule has 0 saturated carbocycles. The van der Waals surface area contributed by atoms with Crippen LogP contribution < -0.4 is 10.6 Å². The van der Waals surface area contributed by atoms with E-state index in [0.717, 1.165) is 29.2 Å². The van der Waals surface area contributed by atoms with Crippen LogP contribution in [0.3, 0.4) is 0 Å². The summed E-state index contributed by atoms with van der Waals surface area (Å²) in [5.74, 6) is -0.0250. The highest BCUT2D eigenvalue weighted by molar-refractivity contribution is 7.80. The lowest BCUT2D eigenvalue weighted by atomic mass is 10.0. The molecule has 0 bridgehead atoms. The number of nitrogens with one attached hydrogen (secondary N) is 2. The summed E-state index contributed by atoms with van der Waals surface area (Å²) in [5.41, 5.74) is 3.98. The van der Waals surface area contributed by atoms with E-state index in [2.05, 4.69) is 50.3 Å². The molecule has 3 heterocycles. The highest BCUT2D eigenvalue weighted by Crippen LogP contribution is 2.38. The first-order valence-corrected chi connectivity index (χ1v) is 11.0. The molecule has 7 heteroatoms. The summed E-state index contributed by atoms with van der Waals surface area (Å²) in [5, 5.41) is 7.11. The minimum Gasteiger partial charge on any atom is -0.352 e. The standard InChI is InChI=1S/C24H27N5OS/c1-3-28-15-8-12-20(28)23-22(19-11-6-7-14-25-19)27-24(31)29(23)16-13-21(30)26-18-10-5-4-9-17(18)2/h4-12,14-15,22-23H,3,13,16H2,1-2H3,(H,26,30)(H,27,31)/t22-,23+/m0/s1. The summed E-state index contributed by atoms with van der Waals surface area (Å²) in [6, 6.07) is 17.8. The first-order valence-electron chi connectivity index (χ1n) is 10.6. The van der Waals surface area contributed by atoms with E-state index in [-0.39, 0.29) is 18.0 Å². The Bertz CT molecular complexity index is 1060. The van der Waals surface area contributed by atoms with Crippen LogP contribution in [0.1, 0.15) is 42.4 Å². The Morgan fingerprint density at radius 3 is 2.71 bits per heavy atom. The van der Waals surface area contributed by atoms with Gasteiger partial charge in [-0.15, -0.1) is 0 Å². The van der Waals surface area contributed by atoms with Crippen LogP contribution in [0.5, 0.6) is 0 Å². The van der Waals surface area contributed by atoms with E-state index in [1.54, 1.807) is 6.20 Å². The van der Waals surface area contributed by atoms with Crippen molar-refractivity contribution in [1.82, 2.24) is 19.8 Å². The van der Waals surface area contributed by atoms with Gasteiger partial charge in [0.2, 0.25) is 5.91 Å². The number of nitrogens with zero attached hydrogens (tertiary/aromatic N) is 3. The maximum atomic E-state index is 12.7. The van der Waals surface area contributed by atoms with Gasteiger partial charge in [0.15, 0.2) is 5.11 Å². The monoisotopic (exact) mass is 433 g/mol. The minimum absolute atomic E-state index is 0.0250. The van der Waals surface area contributed by atoms with Crippen LogP contribution in [-0.4, -0.2) is 32.0 Å². The predicted octanol–water partition coefficient (Wildman–Crippen LogP) is 4.21. The van der Waals surface area contributed by atoms with Crippen molar-refractivity contribution in [3.63, 3.8) is 0 Å². The lowest BCUT2D eigenvalue weighted by molar-refractivity contribution is -0.116. The largest absolute Gasteiger partial charge is 0.352 e. The van der Waals surface area contributed by atoms with Gasteiger partial charge in [-0.3, -0.25) is 9.78 Å². The number of aryl methyl sites for hydroxylation is 2. The van der Waals surface area contributed by atoms with Crippen LogP contribution in [0.25, 0.3) is 0 Å². The van der Waals surface area contributed by atoms with Crippen molar-refractivity contribution < 1.29 is 4.79 Å². The fraction of sp³-hybridized carbons (Fsp3) is 0.292. The molecule has 0 radical (unpaired) electrons. The summed E-state index contributed by atoms with van der Waals surface area (Å²) < 4.78 is 2.22. The zero-order valence-corrected chi connectivity index (χ0v) is 18.6. The van der Waals surface area contributed by atoms with E-state index in [9.17, 15) is 4.79 Å². The maximum absolute atomic E-state index is 12.7. The second-order valence-corrected chi connectivity index (χ2v) is 8.04. The molecule has 1 saturated heterocycles. The second-order valence-electron chi connectivity index (χ2n) is 7.65. The molecule has 1 amide bonds. The highest BCUT2D eigenvalue weighted by Gasteiger charge is 2.40. The van der Waals surface area contributed by atoms with Gasteiger partial charge in [0.05, 0.1) is 17.8 Å². The molecule has 6 nitrogen and oxygen atoms in total. The Balaban J connectivity index is 1.55. The molecule has 2 aromatic heterocycles. The first kappa shape index (κ1) is 21.1. The lowest BCUT2D eigenvalue weighted by Crippen LogP contribution is -2.33. The molecule has 31 heavy (non-hydrogen) atoms. The Hall–Kier alpha value is -3.19. The minimum atomic E-state index is -0.0756. The van der Waals surface area contributed by atoms with Crippen LogP contribution in [0.4, 0.5) is 5.69 Å². The molecule has 3 aromatic rings. The molecule has 1 aliphatic rings. The molecule has 2 N–H and O–H groups in total. The van der Waals surface area contributed by atoms with Crippen molar-refractivity contribution >= 4 is 28.9 Å². The Morgan fingerprint density at radius 2 is 1.97 bits per heavy atom. The molecular weight excluding hydrogens is 406 g/mol. The average molecular weight is 434 g/mol. The zero-order valence-electron chi connectivity index (χ0n) is 17.8. The third-order valence-corrected chi connectivity index (χ3v) is 6.06. The molecule has 160 valence electrons. The fourth-order valence-corrected chi connectivity index (χ4v) is 4.43. The molecule has 1 aromatic carbocycles. The van der Waals surface area contributed by atoms with Gasteiger partial charge >= 0.3 is 0 Å². The number of carbonyl (C=O) groups excluding carboxylic acids is 1. The molecule has 1 fully saturated rings. The highest BCUT2D eigenvalue weighted by atomic mass is 32.1. The zero-order chi connectivity index (χ0) is 21.8. The van der Waals surface area contributed by atoms with Gasteiger partial charge in [0.25, 0.3) is 0 Å². The molecule has 2 atom stereocenters. The molecule has 0 aliphatic carbocycles. The van der Waals surface area contributed by atoms with Crippen molar-refractivity contribution in [2.24, 2.45) is 0 Å². The van der Waals surface area contributed by atoms with Crippen molar-refractivity contribution in [3.8, 4) is 0 Å². The van der Waals surface area contributed by atoms with Gasteiger partial charge in [-0.25, -0.2) is 0 Å². The van der Waals surface area contributed by atoms with E-state index in [4.69, 9.17) is 12.2 Å². The summed E-state index contributed by atoms with van der Waals surface area (Å²) in [6.07, 6.45) is 4.22. The van der Waals surface area contributed by atoms with Crippen LogP contribution in [0.2, 0.25) is 0 Å². The summed E-state index contributed by atoms with van der Waals surface area (Å²) in [7, 11) is 0. The van der Waals surface area contributed by atoms with E-state index in [1.807, 2.05) is 49.4 Å². The summed E-state index contributed by atoms with van der Waals surface area (Å²) >= 11 is 5.70. The number of pyridine rings is 1. The van der Waals surface area contributed by atoms with Gasteiger partial charge in [0.1, 0.15) is 0 Å². The van der Waals surface area contributed by atoms with Crippen molar-refractivity contribution in [1.29, 1.82) is 0 Å². The van der Waals surface area contributed by atoms with Crippen molar-refractivity contribution in [2.45, 2.75) is 38.9 Å². The molecular formula is C24H27N5OS. The van der Waals surface area contributed by atoms with E-state index in [1.165, 1.54) is 0 Å². The quantitative estimate of drug-likeness (QED) is 0.547. The number of anilines is 1. The number of aromatic nitrogens is 2. The van der Waals surface area contributed by atoms with Gasteiger partial charge < -0.3 is 20.1 Å². The smallest absolute Gasteiger partial charge is 0.226 e. The van der Waals surface area contributed by atoms with Crippen LogP contribution >= 0.6 is 12.2 Å². The third kappa shape index (κ3) is 4.46. The van der Waals surface area contributed by atoms with Crippen LogP contribution in [0.15, 0.2) is 67.0 Å². The summed E-state index contributed by atoms with van der Waals surface area (Å²) in [6.45, 7) is 5.50. The molecule has 0 spiro atoms. The number of carbonyl (C=O) groups is 1. The first-order chi connectivity index (χ1) is 15.1. The number of rotatable bonds is 7. The van der Waals surface area contributed by atoms with Crippen LogP contribution in [0, 0.1) is 6.92 Å². The van der Waals surface area contributed by atoms with Gasteiger partial charge in [-0.2, -0.15) is 0 Å². The number of hydrogen-bond acceptors (Lipinski definition) is 3. The van der Waals surface area contributed by atoms with E-state index in [0.29, 0.717) is 18.1 Å². The molecule has 1 aliphatic heterocycles. The van der Waals surface area contributed by atoms with Crippen LogP contribution in [-0.2, 0) is 11.3 Å². The van der Waals surface area contributed by atoms with E-state index >= 15 is 0 Å². The Kier molecular flexibility index (Phi) is 6.32. The second kappa shape index (κ2) is 9.31. The average Bonchev–Trinajstić information content (AvgIpc) is 3.38. The van der Waals surface area contributed by atoms with Gasteiger partial charge in [-0.1, -0.05) is 24.3 Å². The summed E-state index contributed by atoms with van der Waals surface area (Å²) in [4.78, 5) is 19.4. The van der Waals surface area contributed by atoms with Crippen molar-refractivity contribution in [2.75, 3.05) is 11.9 Å². The fourth-order valence-electron chi connectivity index (χ4n) is 4.10. The van der Waals surface area contributed by atoms with Crippen molar-refractivity contribution in [3.05, 3.63) is 83.9 Å². The number of amides is 1. The van der Waals surface area contributed by atoms with E-state index < -0.39 is 0 Å². The number of benzene rings is 1. The SMILES string of the molecule is CCn1cccc1[C@@H]1[C@H](c2ccccn2)NC(=S)N1CCC(=O)Nc1ccccc1C. The lowest BCUT2D eigenvalue weighted by Gasteiger charge is -2.28. The number of thiocarbonyl (C=S) groups is 1. The number of para-hydroxylation sites is 1. The Morgan fingerprint density at radius 1 is 1.16 bits per heavy atom. The predicted molar refractivity (Wildman–Crippen MR) is 127 cm³/mol. The van der Waals surface area contributed by atoms with Gasteiger partial charge in [-0.05, 0) is 62.0 Å². The number of hydrogen-bond donors (Lipinski definition) is 2. The van der Waals surface area contributed by atoms with Gasteiger partial charge in [0, 0.05) is 43.3 Å².